The minimum absolute atomic E-state index is 0.0948. The number of rotatable bonds is 7. The number of halogens is 7. The molecule has 12 rings (SSSR count). The van der Waals surface area contributed by atoms with Crippen LogP contribution < -0.4 is 49.0 Å². The number of amides is 3. The average molecular weight is 1290 g/mol. The Morgan fingerprint density at radius 3 is 1.11 bits per heavy atom. The number of nitrogens with zero attached hydrogens (tertiary/aromatic N) is 9. The maximum atomic E-state index is 13.2. The molecule has 28 heteroatoms. The average Bonchev–Trinajstić information content (AvgIpc) is 3.95. The quantitative estimate of drug-likeness (QED) is 0.0866. The largest absolute Gasteiger partial charge is 0.384 e. The summed E-state index contributed by atoms with van der Waals surface area (Å²) in [4.78, 5) is 99.3. The SMILES string of the molecule is CC1(c2cccc(Cl)c2)NC(=O)c2c(Cl)cc(Br)c(=O)n21.CC1(c2cccc(Cl)c2)NC(=O)c2c(Cl)cc(Nc3ccncn3)c(=O)n21.CC1(c2cccc(Cl)c2)NC(=O)c2c(Cl)cc(Nc3ccncn3)c(=O)n21.Nc1ccncn1. The van der Waals surface area contributed by atoms with Gasteiger partial charge in [0.05, 0.1) is 19.5 Å². The first-order chi connectivity index (χ1) is 39.0. The number of pyridine rings is 3. The van der Waals surface area contributed by atoms with E-state index < -0.39 is 45.8 Å². The number of aromatic nitrogens is 9. The second kappa shape index (κ2) is 23.7. The Balaban J connectivity index is 0.000000141. The minimum atomic E-state index is -1.14. The molecule has 0 radical (unpaired) electrons. The molecule has 0 fully saturated rings. The van der Waals surface area contributed by atoms with Gasteiger partial charge < -0.3 is 32.3 Å². The molecule has 9 heterocycles. The lowest BCUT2D eigenvalue weighted by molar-refractivity contribution is 0.0932. The summed E-state index contributed by atoms with van der Waals surface area (Å²) < 4.78 is 4.33. The van der Waals surface area contributed by atoms with Gasteiger partial charge in [-0.15, -0.1) is 0 Å². The van der Waals surface area contributed by atoms with Crippen molar-refractivity contribution in [3.8, 4) is 0 Å². The molecule has 3 unspecified atom stereocenters. The fraction of sp³-hybridized carbons (Fsp3) is 0.111. The van der Waals surface area contributed by atoms with Gasteiger partial charge in [0.2, 0.25) is 0 Å². The predicted molar refractivity (Wildman–Crippen MR) is 317 cm³/mol. The summed E-state index contributed by atoms with van der Waals surface area (Å²) in [6.45, 7) is 5.18. The molecule has 3 atom stereocenters. The summed E-state index contributed by atoms with van der Waals surface area (Å²) in [5, 5.41) is 16.3. The van der Waals surface area contributed by atoms with E-state index in [0.29, 0.717) is 53.7 Å². The van der Waals surface area contributed by atoms with Crippen LogP contribution >= 0.6 is 85.5 Å². The van der Waals surface area contributed by atoms with E-state index in [1.165, 1.54) is 50.9 Å². The fourth-order valence-corrected chi connectivity index (χ4v) is 11.1. The van der Waals surface area contributed by atoms with Crippen molar-refractivity contribution in [3.05, 3.63) is 246 Å². The summed E-state index contributed by atoms with van der Waals surface area (Å²) in [5.41, 5.74) is 3.42. The number of carbonyl (C=O) groups excluding carboxylic acids is 3. The highest BCUT2D eigenvalue weighted by atomic mass is 79.9. The zero-order valence-electron chi connectivity index (χ0n) is 42.6. The topological polar surface area (TPSA) is 281 Å². The first-order valence-corrected chi connectivity index (χ1v) is 27.0. The fourth-order valence-electron chi connectivity index (χ4n) is 9.11. The Labute approximate surface area is 503 Å². The van der Waals surface area contributed by atoms with Crippen LogP contribution in [0.5, 0.6) is 0 Å². The molecule has 0 saturated heterocycles. The number of hydrogen-bond acceptors (Lipinski definition) is 15. The molecule has 0 bridgehead atoms. The molecule has 3 amide bonds. The number of benzene rings is 3. The van der Waals surface area contributed by atoms with E-state index in [4.69, 9.17) is 75.3 Å². The molecule has 0 aliphatic carbocycles. The zero-order chi connectivity index (χ0) is 58.8. The molecular formula is C54H40BrCl6N15O6. The van der Waals surface area contributed by atoms with Crippen molar-refractivity contribution in [1.82, 2.24) is 59.6 Å². The van der Waals surface area contributed by atoms with Crippen molar-refractivity contribution >= 4 is 132 Å². The third-order valence-electron chi connectivity index (χ3n) is 12.9. The van der Waals surface area contributed by atoms with Gasteiger partial charge >= 0.3 is 0 Å². The third-order valence-corrected chi connectivity index (χ3v) is 15.1. The van der Waals surface area contributed by atoms with Crippen LogP contribution in [0.2, 0.25) is 30.1 Å². The second-order valence-corrected chi connectivity index (χ2v) is 21.7. The molecule has 21 nitrogen and oxygen atoms in total. The van der Waals surface area contributed by atoms with Gasteiger partial charge in [-0.1, -0.05) is 106 Å². The molecule has 416 valence electrons. The standard InChI is InChI=1S/2C18H13Cl2N5O2.C14H9BrCl2N2O2.C4H5N3/c2*1-18(10-3-2-4-11(19)7-10)24-16(26)15-12(20)8-13(17(27)25(15)18)23-14-5-6-21-9-22-14;1-14(7-3-2-4-8(16)5-7)18-12(20)11-10(17)6-9(15)13(21)19(11)14;5-4-1-2-6-3-7-4/h2*2-9H,1H3,(H,24,26)(H,21,22,23);2-6H,1H3,(H,18,20);1-3H,(H2,5,6,7). The van der Waals surface area contributed by atoms with E-state index in [1.807, 2.05) is 0 Å². The normalized spacial score (nSPS) is 17.9. The van der Waals surface area contributed by atoms with E-state index in [2.05, 4.69) is 72.4 Å². The lowest BCUT2D eigenvalue weighted by Crippen LogP contribution is -2.46. The molecule has 3 aromatic carbocycles. The van der Waals surface area contributed by atoms with Crippen LogP contribution in [0.4, 0.5) is 28.8 Å². The molecule has 7 N–H and O–H groups in total. The van der Waals surface area contributed by atoms with Crippen molar-refractivity contribution in [3.63, 3.8) is 0 Å². The van der Waals surface area contributed by atoms with Gasteiger partial charge in [0.15, 0.2) is 0 Å². The second-order valence-electron chi connectivity index (χ2n) is 18.3. The molecule has 82 heavy (non-hydrogen) atoms. The van der Waals surface area contributed by atoms with Gasteiger partial charge in [-0.3, -0.25) is 42.5 Å². The third kappa shape index (κ3) is 11.5. The summed E-state index contributed by atoms with van der Waals surface area (Å²) in [5.74, 6) is 0.101. The van der Waals surface area contributed by atoms with Gasteiger partial charge in [0.1, 0.15) is 81.9 Å². The highest BCUT2D eigenvalue weighted by Crippen LogP contribution is 2.37. The molecule has 3 aliphatic rings. The van der Waals surface area contributed by atoms with Gasteiger partial charge in [-0.2, -0.15) is 0 Å². The van der Waals surface area contributed by atoms with Gasteiger partial charge in [-0.25, -0.2) is 29.9 Å². The highest BCUT2D eigenvalue weighted by molar-refractivity contribution is 9.10. The van der Waals surface area contributed by atoms with Crippen LogP contribution in [0.3, 0.4) is 0 Å². The Kier molecular flexibility index (Phi) is 16.9. The molecular weight excluding hydrogens is 1250 g/mol. The lowest BCUT2D eigenvalue weighted by atomic mass is 10.0. The predicted octanol–water partition coefficient (Wildman–Crippen LogP) is 9.75. The number of anilines is 5. The minimum Gasteiger partial charge on any atom is -0.384 e. The number of nitrogen functional groups attached to an aromatic ring is 1. The Bertz CT molecular complexity index is 4010. The van der Waals surface area contributed by atoms with Gasteiger partial charge in [0, 0.05) is 33.7 Å². The summed E-state index contributed by atoms with van der Waals surface area (Å²) in [6, 6.07) is 30.0. The van der Waals surface area contributed by atoms with Crippen LogP contribution in [0.25, 0.3) is 0 Å². The van der Waals surface area contributed by atoms with E-state index >= 15 is 0 Å². The van der Waals surface area contributed by atoms with Crippen LogP contribution in [-0.4, -0.2) is 61.3 Å². The van der Waals surface area contributed by atoms with E-state index in [0.717, 1.165) is 0 Å². The highest BCUT2D eigenvalue weighted by Gasteiger charge is 2.46. The summed E-state index contributed by atoms with van der Waals surface area (Å²) >= 11 is 40.2. The first-order valence-electron chi connectivity index (χ1n) is 23.9. The summed E-state index contributed by atoms with van der Waals surface area (Å²) in [7, 11) is 0. The molecule has 6 aromatic heterocycles. The van der Waals surface area contributed by atoms with E-state index in [1.54, 1.807) is 130 Å². The molecule has 9 aromatic rings. The maximum Gasteiger partial charge on any atom is 0.277 e. The number of nitrogens with two attached hydrogens (primary N) is 1. The van der Waals surface area contributed by atoms with Crippen LogP contribution in [-0.2, 0) is 17.0 Å². The van der Waals surface area contributed by atoms with Crippen molar-refractivity contribution in [2.75, 3.05) is 16.4 Å². The van der Waals surface area contributed by atoms with Crippen molar-refractivity contribution in [1.29, 1.82) is 0 Å². The van der Waals surface area contributed by atoms with Crippen LogP contribution in [0, 0.1) is 0 Å². The number of hydrogen-bond donors (Lipinski definition) is 6. The monoisotopic (exact) mass is 1280 g/mol. The number of fused-ring (bicyclic) bond motifs is 3. The van der Waals surface area contributed by atoms with Crippen molar-refractivity contribution < 1.29 is 14.4 Å². The van der Waals surface area contributed by atoms with Crippen molar-refractivity contribution in [2.24, 2.45) is 0 Å². The summed E-state index contributed by atoms with van der Waals surface area (Å²) in [6.07, 6.45) is 8.82. The van der Waals surface area contributed by atoms with E-state index in [9.17, 15) is 28.8 Å². The van der Waals surface area contributed by atoms with E-state index in [-0.39, 0.29) is 49.1 Å². The molecule has 0 saturated carbocycles. The number of carbonyl (C=O) groups is 3. The Hall–Kier alpha value is -8.22. The molecule has 0 spiro atoms. The lowest BCUT2D eigenvalue weighted by Gasteiger charge is -2.28. The van der Waals surface area contributed by atoms with Gasteiger partial charge in [0.25, 0.3) is 34.4 Å². The zero-order valence-corrected chi connectivity index (χ0v) is 48.7. The number of nitrogens with one attached hydrogen (secondary N) is 5. The van der Waals surface area contributed by atoms with Crippen molar-refractivity contribution in [2.45, 2.75) is 37.8 Å². The van der Waals surface area contributed by atoms with Crippen LogP contribution in [0.1, 0.15) is 68.9 Å². The van der Waals surface area contributed by atoms with Crippen LogP contribution in [0.15, 0.2) is 166 Å². The Morgan fingerprint density at radius 2 is 0.805 bits per heavy atom. The first kappa shape index (κ1) is 58.4. The molecule has 3 aliphatic heterocycles. The van der Waals surface area contributed by atoms with Gasteiger partial charge in [-0.05, 0) is 126 Å². The maximum absolute atomic E-state index is 13.2. The smallest absolute Gasteiger partial charge is 0.277 e. The Morgan fingerprint density at radius 1 is 0.463 bits per heavy atom.